The molecule has 25 heavy (non-hydrogen) atoms. The highest BCUT2D eigenvalue weighted by atomic mass is 19.3. The molecular weight excluding hydrogens is 344 g/mol. The molecule has 0 aromatic heterocycles. The van der Waals surface area contributed by atoms with E-state index in [1.54, 1.807) is 6.07 Å². The summed E-state index contributed by atoms with van der Waals surface area (Å²) in [5.74, 6) is -6.61. The van der Waals surface area contributed by atoms with Gasteiger partial charge in [-0.05, 0) is 24.3 Å². The average Bonchev–Trinajstić information content (AvgIpc) is 2.73. The number of anilines is 1. The number of ether oxygens (including phenoxy) is 1. The lowest BCUT2D eigenvalue weighted by molar-refractivity contribution is -0.296. The number of halogens is 4. The molecule has 130 valence electrons. The maximum absolute atomic E-state index is 14.1. The number of fused-ring (bicyclic) bond motifs is 1. The van der Waals surface area contributed by atoms with Crippen molar-refractivity contribution >= 4 is 17.6 Å². The van der Waals surface area contributed by atoms with Crippen molar-refractivity contribution in [3.63, 3.8) is 0 Å². The molecule has 5 nitrogen and oxygen atoms in total. The van der Waals surface area contributed by atoms with E-state index in [0.717, 1.165) is 18.2 Å². The fourth-order valence-corrected chi connectivity index (χ4v) is 2.49. The molecule has 0 fully saturated rings. The molecule has 1 aliphatic rings. The molecule has 0 bridgehead atoms. The Morgan fingerprint density at radius 1 is 0.960 bits per heavy atom. The maximum Gasteiger partial charge on any atom is 0.469 e. The number of amides is 3. The Morgan fingerprint density at radius 3 is 2.20 bits per heavy atom. The van der Waals surface area contributed by atoms with Gasteiger partial charge in [0.2, 0.25) is 0 Å². The van der Waals surface area contributed by atoms with Gasteiger partial charge in [0.05, 0.1) is 11.3 Å². The fourth-order valence-electron chi connectivity index (χ4n) is 2.49. The normalized spacial score (nSPS) is 16.6. The molecule has 2 aromatic carbocycles. The first kappa shape index (κ1) is 16.7. The molecular formula is C16H10F4N2O3. The van der Waals surface area contributed by atoms with Gasteiger partial charge in [0.1, 0.15) is 5.75 Å². The summed E-state index contributed by atoms with van der Waals surface area (Å²) >= 11 is 0. The van der Waals surface area contributed by atoms with Crippen LogP contribution in [0.15, 0.2) is 48.5 Å². The molecule has 2 N–H and O–H groups in total. The first-order valence-corrected chi connectivity index (χ1v) is 6.94. The van der Waals surface area contributed by atoms with Crippen LogP contribution in [0.5, 0.6) is 5.75 Å². The van der Waals surface area contributed by atoms with E-state index in [-0.39, 0.29) is 10.5 Å². The summed E-state index contributed by atoms with van der Waals surface area (Å²) < 4.78 is 59.2. The molecule has 0 atom stereocenters. The van der Waals surface area contributed by atoms with Crippen molar-refractivity contribution in [2.24, 2.45) is 5.73 Å². The summed E-state index contributed by atoms with van der Waals surface area (Å²) in [6, 6.07) is 8.71. The van der Waals surface area contributed by atoms with E-state index in [1.165, 1.54) is 24.3 Å². The van der Waals surface area contributed by atoms with Gasteiger partial charge in [-0.2, -0.15) is 17.6 Å². The van der Waals surface area contributed by atoms with Gasteiger partial charge in [0.25, 0.3) is 5.91 Å². The van der Waals surface area contributed by atoms with Crippen LogP contribution in [0, 0.1) is 0 Å². The van der Waals surface area contributed by atoms with E-state index in [9.17, 15) is 27.2 Å². The molecule has 2 aromatic rings. The number of primary amides is 1. The van der Waals surface area contributed by atoms with Crippen LogP contribution in [0.25, 0.3) is 0 Å². The van der Waals surface area contributed by atoms with Crippen LogP contribution in [-0.2, 0) is 5.92 Å². The van der Waals surface area contributed by atoms with Gasteiger partial charge in [-0.25, -0.2) is 9.69 Å². The Balaban J connectivity index is 2.17. The topological polar surface area (TPSA) is 72.6 Å². The van der Waals surface area contributed by atoms with Crippen LogP contribution in [0.1, 0.15) is 15.9 Å². The number of imide groups is 1. The fraction of sp³-hybridized carbons (Fsp3) is 0.125. The van der Waals surface area contributed by atoms with Crippen molar-refractivity contribution in [1.82, 2.24) is 0 Å². The van der Waals surface area contributed by atoms with E-state index in [2.05, 4.69) is 4.74 Å². The van der Waals surface area contributed by atoms with Gasteiger partial charge in [0, 0.05) is 5.56 Å². The Bertz CT molecular complexity index is 856. The molecule has 9 heteroatoms. The molecule has 0 radical (unpaired) electrons. The molecule has 0 saturated carbocycles. The monoisotopic (exact) mass is 354 g/mol. The zero-order valence-electron chi connectivity index (χ0n) is 12.4. The van der Waals surface area contributed by atoms with E-state index >= 15 is 0 Å². The second-order valence-corrected chi connectivity index (χ2v) is 5.19. The third kappa shape index (κ3) is 2.48. The van der Waals surface area contributed by atoms with E-state index in [1.807, 2.05) is 0 Å². The highest BCUT2D eigenvalue weighted by molar-refractivity contribution is 6.20. The molecule has 1 heterocycles. The van der Waals surface area contributed by atoms with Crippen LogP contribution >= 0.6 is 0 Å². The first-order valence-electron chi connectivity index (χ1n) is 6.94. The van der Waals surface area contributed by atoms with Crippen molar-refractivity contribution in [2.45, 2.75) is 12.0 Å². The molecule has 0 aliphatic carbocycles. The number of alkyl halides is 4. The SMILES string of the molecule is NC(=O)N(C(=O)c1ccccc1)c1cccc2c1C(F)(F)C(F)(F)O2. The van der Waals surface area contributed by atoms with E-state index in [4.69, 9.17) is 5.73 Å². The number of benzene rings is 2. The first-order chi connectivity index (χ1) is 11.7. The molecule has 3 rings (SSSR count). The summed E-state index contributed by atoms with van der Waals surface area (Å²) in [7, 11) is 0. The minimum Gasteiger partial charge on any atom is -0.427 e. The molecule has 1 aliphatic heterocycles. The highest BCUT2D eigenvalue weighted by Crippen LogP contribution is 2.56. The zero-order chi connectivity index (χ0) is 18.4. The van der Waals surface area contributed by atoms with Gasteiger partial charge in [-0.3, -0.25) is 4.79 Å². The lowest BCUT2D eigenvalue weighted by Gasteiger charge is -2.23. The lowest BCUT2D eigenvalue weighted by Crippen LogP contribution is -2.43. The molecule has 3 amide bonds. The largest absolute Gasteiger partial charge is 0.469 e. The van der Waals surface area contributed by atoms with Gasteiger partial charge in [-0.1, -0.05) is 24.3 Å². The van der Waals surface area contributed by atoms with Crippen molar-refractivity contribution in [2.75, 3.05) is 4.90 Å². The number of nitrogens with two attached hydrogens (primary N) is 1. The standard InChI is InChI=1S/C16H10F4N2O3/c17-15(18)12-10(7-4-8-11(12)25-16(15,19)20)22(14(21)24)13(23)9-5-2-1-3-6-9/h1-8H,(H2,21,24). The minimum atomic E-state index is -4.81. The number of carbonyl (C=O) groups excluding carboxylic acids is 2. The Morgan fingerprint density at radius 2 is 1.60 bits per heavy atom. The maximum atomic E-state index is 14.1. The predicted molar refractivity (Wildman–Crippen MR) is 78.7 cm³/mol. The van der Waals surface area contributed by atoms with Crippen molar-refractivity contribution < 1.29 is 31.9 Å². The summed E-state index contributed by atoms with van der Waals surface area (Å²) in [5.41, 5.74) is 3.08. The van der Waals surface area contributed by atoms with Gasteiger partial charge in [0.15, 0.2) is 0 Å². The van der Waals surface area contributed by atoms with E-state index < -0.39 is 41.0 Å². The Kier molecular flexibility index (Phi) is 3.66. The second kappa shape index (κ2) is 5.47. The summed E-state index contributed by atoms with van der Waals surface area (Å²) in [6.07, 6.45) is -4.81. The predicted octanol–water partition coefficient (Wildman–Crippen LogP) is 3.49. The Labute approximate surface area is 138 Å². The van der Waals surface area contributed by atoms with Crippen molar-refractivity contribution in [3.05, 3.63) is 59.7 Å². The lowest BCUT2D eigenvalue weighted by atomic mass is 10.0. The number of rotatable bonds is 2. The van der Waals surface area contributed by atoms with Gasteiger partial charge < -0.3 is 10.5 Å². The number of urea groups is 1. The third-order valence-corrected chi connectivity index (χ3v) is 3.61. The van der Waals surface area contributed by atoms with E-state index in [0.29, 0.717) is 0 Å². The van der Waals surface area contributed by atoms with Crippen LogP contribution in [0.4, 0.5) is 28.0 Å². The number of hydrogen-bond acceptors (Lipinski definition) is 3. The highest BCUT2D eigenvalue weighted by Gasteiger charge is 2.68. The quantitative estimate of drug-likeness (QED) is 0.839. The minimum absolute atomic E-state index is 0.0344. The van der Waals surface area contributed by atoms with Gasteiger partial charge in [-0.15, -0.1) is 0 Å². The van der Waals surface area contributed by atoms with Crippen molar-refractivity contribution in [1.29, 1.82) is 0 Å². The van der Waals surface area contributed by atoms with Crippen LogP contribution in [0.3, 0.4) is 0 Å². The van der Waals surface area contributed by atoms with Crippen molar-refractivity contribution in [3.8, 4) is 5.75 Å². The van der Waals surface area contributed by atoms with Crippen LogP contribution in [0.2, 0.25) is 0 Å². The molecule has 0 saturated heterocycles. The number of nitrogens with zero attached hydrogens (tertiary/aromatic N) is 1. The number of carbonyl (C=O) groups is 2. The van der Waals surface area contributed by atoms with Crippen LogP contribution in [-0.4, -0.2) is 18.0 Å². The number of hydrogen-bond donors (Lipinski definition) is 1. The molecule has 0 spiro atoms. The van der Waals surface area contributed by atoms with Gasteiger partial charge >= 0.3 is 18.1 Å². The summed E-state index contributed by atoms with van der Waals surface area (Å²) in [5, 5.41) is 0. The molecule has 0 unspecified atom stereocenters. The second-order valence-electron chi connectivity index (χ2n) is 5.19. The third-order valence-electron chi connectivity index (χ3n) is 3.61. The summed E-state index contributed by atoms with van der Waals surface area (Å²) in [6.45, 7) is 0. The average molecular weight is 354 g/mol. The summed E-state index contributed by atoms with van der Waals surface area (Å²) in [4.78, 5) is 24.5. The Hall–Kier alpha value is -3.10. The smallest absolute Gasteiger partial charge is 0.427 e. The zero-order valence-corrected chi connectivity index (χ0v) is 12.4. The van der Waals surface area contributed by atoms with Crippen LogP contribution < -0.4 is 15.4 Å².